The third-order valence-electron chi connectivity index (χ3n) is 2.52. The third-order valence-corrected chi connectivity index (χ3v) is 4.29. The van der Waals surface area contributed by atoms with Crippen molar-refractivity contribution in [1.82, 2.24) is 9.71 Å². The van der Waals surface area contributed by atoms with E-state index in [0.717, 1.165) is 5.41 Å². The number of aromatic nitrogens is 1. The fraction of sp³-hybridized carbons (Fsp3) is 0. The fourth-order valence-electron chi connectivity index (χ4n) is 1.53. The summed E-state index contributed by atoms with van der Waals surface area (Å²) in [6.07, 6.45) is 2.82. The normalized spacial score (nSPS) is 11.5. The zero-order valence-electron chi connectivity index (χ0n) is 11.0. The highest BCUT2D eigenvalue weighted by Crippen LogP contribution is 2.21. The molecule has 1 N–H and O–H groups in total. The maximum atomic E-state index is 12.0. The summed E-state index contributed by atoms with van der Waals surface area (Å²) >= 11 is 9.12. The lowest BCUT2D eigenvalue weighted by atomic mass is 10.2. The van der Waals surface area contributed by atoms with Gasteiger partial charge in [-0.3, -0.25) is 9.78 Å². The van der Waals surface area contributed by atoms with Crippen LogP contribution in [0.3, 0.4) is 0 Å². The number of hydrogen-bond acceptors (Lipinski definition) is 4. The molecule has 0 unspecified atom stereocenters. The van der Waals surface area contributed by atoms with Crippen LogP contribution in [-0.2, 0) is 10.0 Å². The second-order valence-electron chi connectivity index (χ2n) is 4.16. The van der Waals surface area contributed by atoms with E-state index >= 15 is 0 Å². The highest BCUT2D eigenvalue weighted by atomic mass is 79.9. The number of amides is 1. The fourth-order valence-corrected chi connectivity index (χ4v) is 3.04. The van der Waals surface area contributed by atoms with Crippen molar-refractivity contribution in [1.29, 1.82) is 0 Å². The van der Waals surface area contributed by atoms with Crippen LogP contribution in [0.2, 0.25) is 5.02 Å². The average molecular weight is 402 g/mol. The zero-order valence-corrected chi connectivity index (χ0v) is 14.2. The van der Waals surface area contributed by atoms with Crippen LogP contribution in [0.4, 0.5) is 0 Å². The Morgan fingerprint density at radius 1 is 1.27 bits per heavy atom. The second-order valence-corrected chi connectivity index (χ2v) is 7.05. The number of sulfonamides is 1. The maximum Gasteiger partial charge on any atom is 0.266 e. The highest BCUT2D eigenvalue weighted by Gasteiger charge is 2.16. The Morgan fingerprint density at radius 3 is 2.68 bits per heavy atom. The number of rotatable bonds is 4. The van der Waals surface area contributed by atoms with Crippen LogP contribution in [-0.4, -0.2) is 19.3 Å². The van der Waals surface area contributed by atoms with Crippen molar-refractivity contribution < 1.29 is 13.2 Å². The molecule has 0 aliphatic heterocycles. The van der Waals surface area contributed by atoms with Crippen molar-refractivity contribution in [3.63, 3.8) is 0 Å². The van der Waals surface area contributed by atoms with Gasteiger partial charge in [-0.15, -0.1) is 0 Å². The van der Waals surface area contributed by atoms with Crippen molar-refractivity contribution in [3.05, 3.63) is 68.8 Å². The topological polar surface area (TPSA) is 76.1 Å². The first kappa shape index (κ1) is 16.7. The van der Waals surface area contributed by atoms with Gasteiger partial charge in [0, 0.05) is 10.7 Å². The van der Waals surface area contributed by atoms with Crippen molar-refractivity contribution in [2.45, 2.75) is 0 Å². The summed E-state index contributed by atoms with van der Waals surface area (Å²) in [6.45, 7) is 0. The summed E-state index contributed by atoms with van der Waals surface area (Å²) in [5.41, 5.74) is 0.529. The average Bonchev–Trinajstić information content (AvgIpc) is 2.45. The number of carbonyl (C=O) groups excluding carboxylic acids is 1. The molecule has 114 valence electrons. The van der Waals surface area contributed by atoms with Gasteiger partial charge in [-0.1, -0.05) is 33.6 Å². The Kier molecular flexibility index (Phi) is 5.33. The van der Waals surface area contributed by atoms with E-state index in [2.05, 4.69) is 20.9 Å². The quantitative estimate of drug-likeness (QED) is 0.853. The molecule has 2 rings (SSSR count). The van der Waals surface area contributed by atoms with Crippen LogP contribution in [0.15, 0.2) is 52.5 Å². The molecule has 1 heterocycles. The number of halogens is 2. The number of benzene rings is 1. The van der Waals surface area contributed by atoms with Gasteiger partial charge in [-0.05, 0) is 36.4 Å². The summed E-state index contributed by atoms with van der Waals surface area (Å²) in [7, 11) is -3.94. The van der Waals surface area contributed by atoms with Crippen LogP contribution >= 0.6 is 27.5 Å². The first-order valence-electron chi connectivity index (χ1n) is 5.99. The van der Waals surface area contributed by atoms with E-state index in [4.69, 9.17) is 11.6 Å². The number of nitrogens with zero attached hydrogens (tertiary/aromatic N) is 1. The molecular weight excluding hydrogens is 392 g/mol. The lowest BCUT2D eigenvalue weighted by Gasteiger charge is -2.05. The summed E-state index contributed by atoms with van der Waals surface area (Å²) in [5, 5.41) is 1.02. The largest absolute Gasteiger partial charge is 0.268 e. The van der Waals surface area contributed by atoms with Crippen molar-refractivity contribution in [2.24, 2.45) is 0 Å². The van der Waals surface area contributed by atoms with Gasteiger partial charge in [0.1, 0.15) is 0 Å². The van der Waals surface area contributed by atoms with E-state index in [9.17, 15) is 13.2 Å². The molecule has 2 aromatic rings. The number of hydrogen-bond donors (Lipinski definition) is 1. The first-order valence-corrected chi connectivity index (χ1v) is 8.70. The van der Waals surface area contributed by atoms with Crippen LogP contribution in [0.25, 0.3) is 6.08 Å². The van der Waals surface area contributed by atoms with E-state index in [-0.39, 0.29) is 10.6 Å². The predicted octanol–water partition coefficient (Wildman–Crippen LogP) is 3.23. The molecule has 0 aliphatic rings. The Morgan fingerprint density at radius 2 is 2.05 bits per heavy atom. The van der Waals surface area contributed by atoms with Crippen molar-refractivity contribution in [3.8, 4) is 0 Å². The molecule has 22 heavy (non-hydrogen) atoms. The molecule has 5 nitrogen and oxygen atoms in total. The second kappa shape index (κ2) is 7.04. The summed E-state index contributed by atoms with van der Waals surface area (Å²) in [4.78, 5) is 15.9. The lowest BCUT2D eigenvalue weighted by molar-refractivity contribution is 0.0982. The summed E-state index contributed by atoms with van der Waals surface area (Å²) in [5.74, 6) is -0.803. The molecule has 0 atom stereocenters. The number of carbonyl (C=O) groups is 1. The maximum absolute atomic E-state index is 12.0. The Bertz CT molecular complexity index is 823. The van der Waals surface area contributed by atoms with E-state index in [1.165, 1.54) is 24.4 Å². The van der Waals surface area contributed by atoms with Crippen LogP contribution < -0.4 is 4.72 Å². The van der Waals surface area contributed by atoms with Gasteiger partial charge in [0.05, 0.1) is 21.7 Å². The first-order chi connectivity index (χ1) is 10.4. The molecule has 1 amide bonds. The molecule has 1 aromatic carbocycles. The minimum absolute atomic E-state index is 0.0691. The molecule has 0 bridgehead atoms. The van der Waals surface area contributed by atoms with Crippen LogP contribution in [0, 0.1) is 0 Å². The molecule has 8 heteroatoms. The van der Waals surface area contributed by atoms with E-state index in [0.29, 0.717) is 10.2 Å². The van der Waals surface area contributed by atoms with Gasteiger partial charge in [0.2, 0.25) is 0 Å². The van der Waals surface area contributed by atoms with Crippen LogP contribution in [0.5, 0.6) is 0 Å². The van der Waals surface area contributed by atoms with Crippen molar-refractivity contribution >= 4 is 49.5 Å². The highest BCUT2D eigenvalue weighted by molar-refractivity contribution is 9.10. The molecule has 1 aromatic heterocycles. The van der Waals surface area contributed by atoms with Gasteiger partial charge in [-0.2, -0.15) is 0 Å². The molecule has 0 saturated heterocycles. The number of pyridine rings is 1. The summed E-state index contributed by atoms with van der Waals surface area (Å²) < 4.78 is 26.3. The monoisotopic (exact) mass is 400 g/mol. The van der Waals surface area contributed by atoms with Gasteiger partial charge in [-0.25, -0.2) is 13.1 Å². The molecular formula is C14H10BrClN2O3S. The molecule has 0 radical (unpaired) electrons. The van der Waals surface area contributed by atoms with Crippen molar-refractivity contribution in [2.75, 3.05) is 0 Å². The summed E-state index contributed by atoms with van der Waals surface area (Å²) in [6, 6.07) is 9.60. The van der Waals surface area contributed by atoms with E-state index in [1.807, 2.05) is 4.72 Å². The van der Waals surface area contributed by atoms with Gasteiger partial charge >= 0.3 is 0 Å². The van der Waals surface area contributed by atoms with E-state index in [1.54, 1.807) is 24.3 Å². The standard InChI is InChI=1S/C14H10BrClN2O3S/c15-10-4-5-12(13(16)9-10)14(19)18-22(20,21)8-6-11-3-1-2-7-17-11/h1-9H,(H,18,19)/b8-6+. The van der Waals surface area contributed by atoms with E-state index < -0.39 is 15.9 Å². The van der Waals surface area contributed by atoms with Gasteiger partial charge < -0.3 is 0 Å². The lowest BCUT2D eigenvalue weighted by Crippen LogP contribution is -2.29. The molecule has 0 fully saturated rings. The Hall–Kier alpha value is -1.70. The molecule has 0 saturated carbocycles. The van der Waals surface area contributed by atoms with Crippen LogP contribution in [0.1, 0.15) is 16.1 Å². The number of nitrogens with one attached hydrogen (secondary N) is 1. The SMILES string of the molecule is O=C(NS(=O)(=O)/C=C/c1ccccn1)c1ccc(Br)cc1Cl. The Labute approximate surface area is 141 Å². The minimum atomic E-state index is -3.94. The molecule has 0 spiro atoms. The zero-order chi connectivity index (χ0) is 16.2. The smallest absolute Gasteiger partial charge is 0.266 e. The van der Waals surface area contributed by atoms with Gasteiger partial charge in [0.25, 0.3) is 15.9 Å². The Balaban J connectivity index is 2.14. The van der Waals surface area contributed by atoms with Gasteiger partial charge in [0.15, 0.2) is 0 Å². The predicted molar refractivity (Wildman–Crippen MR) is 88.8 cm³/mol. The molecule has 0 aliphatic carbocycles. The minimum Gasteiger partial charge on any atom is -0.268 e. The third kappa shape index (κ3) is 4.66.